The monoisotopic (exact) mass is 264 g/mol. The van der Waals surface area contributed by atoms with Gasteiger partial charge in [0.15, 0.2) is 5.78 Å². The van der Waals surface area contributed by atoms with Crippen LogP contribution in [0.25, 0.3) is 0 Å². The van der Waals surface area contributed by atoms with Gasteiger partial charge in [-0.25, -0.2) is 0 Å². The Morgan fingerprint density at radius 1 is 1.32 bits per heavy atom. The van der Waals surface area contributed by atoms with Crippen LogP contribution in [0.1, 0.15) is 66.2 Å². The number of fused-ring (bicyclic) bond motifs is 1. The van der Waals surface area contributed by atoms with E-state index in [9.17, 15) is 9.90 Å². The highest BCUT2D eigenvalue weighted by atomic mass is 16.3. The Labute approximate surface area is 117 Å². The van der Waals surface area contributed by atoms with Gasteiger partial charge >= 0.3 is 0 Å². The Morgan fingerprint density at radius 3 is 2.58 bits per heavy atom. The number of carbonyl (C=O) groups is 1. The van der Waals surface area contributed by atoms with Crippen LogP contribution in [-0.2, 0) is 4.79 Å². The van der Waals surface area contributed by atoms with Crippen LogP contribution >= 0.6 is 0 Å². The minimum absolute atomic E-state index is 0.0225. The van der Waals surface area contributed by atoms with E-state index in [2.05, 4.69) is 27.7 Å². The summed E-state index contributed by atoms with van der Waals surface area (Å²) in [5.74, 6) is 0.701. The molecule has 19 heavy (non-hydrogen) atoms. The van der Waals surface area contributed by atoms with Crippen molar-refractivity contribution in [1.82, 2.24) is 0 Å². The first kappa shape index (κ1) is 14.8. The predicted octanol–water partition coefficient (Wildman–Crippen LogP) is 3.88. The Kier molecular flexibility index (Phi) is 4.20. The number of carbonyl (C=O) groups excluding carboxylic acids is 1. The van der Waals surface area contributed by atoms with Crippen molar-refractivity contribution < 1.29 is 9.90 Å². The average molecular weight is 264 g/mol. The lowest BCUT2D eigenvalue weighted by atomic mass is 9.58. The van der Waals surface area contributed by atoms with Gasteiger partial charge < -0.3 is 5.11 Å². The van der Waals surface area contributed by atoms with E-state index in [0.717, 1.165) is 32.1 Å². The van der Waals surface area contributed by atoms with Crippen molar-refractivity contribution in [3.05, 3.63) is 11.1 Å². The Balaban J connectivity index is 2.34. The summed E-state index contributed by atoms with van der Waals surface area (Å²) in [6.07, 6.45) is 5.72. The zero-order chi connectivity index (χ0) is 14.2. The number of rotatable bonds is 2. The minimum Gasteiger partial charge on any atom is -0.382 e. The molecule has 0 aromatic heterocycles. The number of ketones is 1. The molecule has 0 saturated heterocycles. The molecular formula is C17H28O2. The van der Waals surface area contributed by atoms with Crippen molar-refractivity contribution in [2.75, 3.05) is 0 Å². The second-order valence-electron chi connectivity index (χ2n) is 6.77. The second-order valence-corrected chi connectivity index (χ2v) is 6.77. The number of Topliss-reactive ketones (excluding diaryl/α,β-unsaturated/α-hetero) is 1. The largest absolute Gasteiger partial charge is 0.382 e. The maximum atomic E-state index is 12.8. The molecule has 2 aliphatic rings. The molecule has 1 N–H and O–H groups in total. The lowest BCUT2D eigenvalue weighted by Gasteiger charge is -2.48. The van der Waals surface area contributed by atoms with Crippen molar-refractivity contribution in [2.24, 2.45) is 17.8 Å². The first-order valence-corrected chi connectivity index (χ1v) is 7.82. The molecule has 0 radical (unpaired) electrons. The second kappa shape index (κ2) is 5.40. The number of hydrogen-bond acceptors (Lipinski definition) is 2. The van der Waals surface area contributed by atoms with E-state index in [0.29, 0.717) is 12.3 Å². The SMILES string of the molecule is CCC1C(=O)C2(O)CCCCC2CC1C(C)=C(C)C. The van der Waals surface area contributed by atoms with Crippen LogP contribution in [0.2, 0.25) is 0 Å². The van der Waals surface area contributed by atoms with Gasteiger partial charge in [-0.3, -0.25) is 4.79 Å². The Morgan fingerprint density at radius 2 is 2.00 bits per heavy atom. The molecule has 4 unspecified atom stereocenters. The van der Waals surface area contributed by atoms with E-state index in [1.807, 2.05) is 0 Å². The summed E-state index contributed by atoms with van der Waals surface area (Å²) in [5, 5.41) is 10.8. The molecular weight excluding hydrogens is 236 g/mol. The molecule has 0 bridgehead atoms. The van der Waals surface area contributed by atoms with Gasteiger partial charge in [0.05, 0.1) is 0 Å². The van der Waals surface area contributed by atoms with Crippen molar-refractivity contribution in [3.8, 4) is 0 Å². The summed E-state index contributed by atoms with van der Waals surface area (Å²) >= 11 is 0. The van der Waals surface area contributed by atoms with Crippen molar-refractivity contribution in [1.29, 1.82) is 0 Å². The van der Waals surface area contributed by atoms with Crippen molar-refractivity contribution in [2.45, 2.75) is 71.8 Å². The summed E-state index contributed by atoms with van der Waals surface area (Å²) in [4.78, 5) is 12.8. The lowest BCUT2D eigenvalue weighted by molar-refractivity contribution is -0.162. The molecule has 0 aliphatic heterocycles. The molecule has 2 saturated carbocycles. The van der Waals surface area contributed by atoms with E-state index < -0.39 is 5.60 Å². The smallest absolute Gasteiger partial charge is 0.168 e. The Hall–Kier alpha value is -0.630. The molecule has 0 aromatic carbocycles. The summed E-state index contributed by atoms with van der Waals surface area (Å²) in [6, 6.07) is 0. The Bertz CT molecular complexity index is 392. The maximum absolute atomic E-state index is 12.8. The predicted molar refractivity (Wildman–Crippen MR) is 77.9 cm³/mol. The molecule has 0 aromatic rings. The van der Waals surface area contributed by atoms with Crippen LogP contribution in [-0.4, -0.2) is 16.5 Å². The van der Waals surface area contributed by atoms with Crippen molar-refractivity contribution >= 4 is 5.78 Å². The van der Waals surface area contributed by atoms with Gasteiger partial charge in [-0.2, -0.15) is 0 Å². The molecule has 0 amide bonds. The maximum Gasteiger partial charge on any atom is 0.168 e. The standard InChI is InChI=1S/C17H28O2/c1-5-14-15(12(4)11(2)3)10-13-8-6-7-9-17(13,19)16(14)18/h13-15,19H,5-10H2,1-4H3. The highest BCUT2D eigenvalue weighted by Crippen LogP contribution is 2.49. The van der Waals surface area contributed by atoms with E-state index in [-0.39, 0.29) is 17.6 Å². The molecule has 0 heterocycles. The van der Waals surface area contributed by atoms with E-state index >= 15 is 0 Å². The third-order valence-electron chi connectivity index (χ3n) is 5.61. The highest BCUT2D eigenvalue weighted by molar-refractivity contribution is 5.91. The quantitative estimate of drug-likeness (QED) is 0.768. The fourth-order valence-electron chi connectivity index (χ4n) is 4.16. The van der Waals surface area contributed by atoms with Gasteiger partial charge in [-0.1, -0.05) is 30.9 Å². The summed E-state index contributed by atoms with van der Waals surface area (Å²) in [7, 11) is 0. The van der Waals surface area contributed by atoms with Gasteiger partial charge in [0.2, 0.25) is 0 Å². The highest BCUT2D eigenvalue weighted by Gasteiger charge is 2.53. The average Bonchev–Trinajstić information content (AvgIpc) is 2.38. The lowest BCUT2D eigenvalue weighted by Crippen LogP contribution is -2.56. The molecule has 0 spiro atoms. The minimum atomic E-state index is -1.00. The van der Waals surface area contributed by atoms with Crippen LogP contribution < -0.4 is 0 Å². The first-order chi connectivity index (χ1) is 8.91. The van der Waals surface area contributed by atoms with E-state index in [4.69, 9.17) is 0 Å². The van der Waals surface area contributed by atoms with Gasteiger partial charge in [0.1, 0.15) is 5.60 Å². The van der Waals surface area contributed by atoms with Crippen LogP contribution in [0.5, 0.6) is 0 Å². The van der Waals surface area contributed by atoms with Gasteiger partial charge in [-0.15, -0.1) is 0 Å². The van der Waals surface area contributed by atoms with Crippen molar-refractivity contribution in [3.63, 3.8) is 0 Å². The molecule has 2 aliphatic carbocycles. The first-order valence-electron chi connectivity index (χ1n) is 7.82. The molecule has 2 nitrogen and oxygen atoms in total. The van der Waals surface area contributed by atoms with Gasteiger partial charge in [0.25, 0.3) is 0 Å². The van der Waals surface area contributed by atoms with Crippen LogP contribution in [0.4, 0.5) is 0 Å². The molecule has 2 fully saturated rings. The fraction of sp³-hybridized carbons (Fsp3) is 0.824. The number of allylic oxidation sites excluding steroid dienone is 2. The normalized spacial score (nSPS) is 38.8. The van der Waals surface area contributed by atoms with Crippen LogP contribution in [0.3, 0.4) is 0 Å². The van der Waals surface area contributed by atoms with Crippen LogP contribution in [0, 0.1) is 17.8 Å². The topological polar surface area (TPSA) is 37.3 Å². The van der Waals surface area contributed by atoms with Gasteiger partial charge in [0, 0.05) is 5.92 Å². The summed E-state index contributed by atoms with van der Waals surface area (Å²) in [6.45, 7) is 8.52. The zero-order valence-electron chi connectivity index (χ0n) is 12.8. The summed E-state index contributed by atoms with van der Waals surface area (Å²) in [5.41, 5.74) is 1.70. The fourth-order valence-corrected chi connectivity index (χ4v) is 4.16. The van der Waals surface area contributed by atoms with E-state index in [1.54, 1.807) is 0 Å². The summed E-state index contributed by atoms with van der Waals surface area (Å²) < 4.78 is 0. The van der Waals surface area contributed by atoms with E-state index in [1.165, 1.54) is 11.1 Å². The molecule has 2 heteroatoms. The zero-order valence-corrected chi connectivity index (χ0v) is 12.8. The van der Waals surface area contributed by atoms with Gasteiger partial charge in [-0.05, 0) is 58.3 Å². The number of aliphatic hydroxyl groups is 1. The number of hydrogen-bond donors (Lipinski definition) is 1. The molecule has 108 valence electrons. The van der Waals surface area contributed by atoms with Crippen LogP contribution in [0.15, 0.2) is 11.1 Å². The molecule has 2 rings (SSSR count). The third-order valence-corrected chi connectivity index (χ3v) is 5.61. The third kappa shape index (κ3) is 2.40. The molecule has 4 atom stereocenters.